The normalized spacial score (nSPS) is 19.5. The second-order valence-electron chi connectivity index (χ2n) is 5.49. The molecule has 0 spiro atoms. The van der Waals surface area contributed by atoms with Crippen LogP contribution in [0.25, 0.3) is 0 Å². The molecule has 0 bridgehead atoms. The largest absolute Gasteiger partial charge is 0.497 e. The molecule has 2 heterocycles. The molecule has 2 aliphatic rings. The average molecular weight is 337 g/mol. The summed E-state index contributed by atoms with van der Waals surface area (Å²) < 4.78 is 5.22. The molecule has 0 atom stereocenters. The molecule has 120 valence electrons. The highest BCUT2D eigenvalue weighted by molar-refractivity contribution is 8.03. The van der Waals surface area contributed by atoms with Crippen molar-refractivity contribution in [3.05, 3.63) is 59.1 Å². The average Bonchev–Trinajstić information content (AvgIpc) is 3.15. The number of amides is 1. The SMILES string of the molecule is COc1cccc(N2C(=N)/C(=C3/Nc4ccccc4S3)CC2=O)c1. The maximum absolute atomic E-state index is 12.5. The Morgan fingerprint density at radius 1 is 1.21 bits per heavy atom. The second kappa shape index (κ2) is 5.72. The molecule has 2 aromatic carbocycles. The molecule has 5 nitrogen and oxygen atoms in total. The maximum atomic E-state index is 12.5. The highest BCUT2D eigenvalue weighted by Crippen LogP contribution is 2.44. The van der Waals surface area contributed by atoms with Crippen molar-refractivity contribution in [2.75, 3.05) is 17.3 Å². The summed E-state index contributed by atoms with van der Waals surface area (Å²) in [5, 5.41) is 12.7. The van der Waals surface area contributed by atoms with Crippen LogP contribution < -0.4 is 15.0 Å². The highest BCUT2D eigenvalue weighted by Gasteiger charge is 2.36. The van der Waals surface area contributed by atoms with E-state index in [1.54, 1.807) is 24.9 Å². The van der Waals surface area contributed by atoms with E-state index in [1.807, 2.05) is 42.5 Å². The van der Waals surface area contributed by atoms with Crippen molar-refractivity contribution < 1.29 is 9.53 Å². The number of methoxy groups -OCH3 is 1. The number of amidine groups is 1. The third kappa shape index (κ3) is 2.35. The van der Waals surface area contributed by atoms with Crippen molar-refractivity contribution in [1.82, 2.24) is 0 Å². The number of benzene rings is 2. The lowest BCUT2D eigenvalue weighted by Crippen LogP contribution is -2.28. The lowest BCUT2D eigenvalue weighted by atomic mass is 10.2. The highest BCUT2D eigenvalue weighted by atomic mass is 32.2. The fraction of sp³-hybridized carbons (Fsp3) is 0.111. The van der Waals surface area contributed by atoms with Gasteiger partial charge < -0.3 is 10.1 Å². The predicted octanol–water partition coefficient (Wildman–Crippen LogP) is 3.84. The Morgan fingerprint density at radius 2 is 2.04 bits per heavy atom. The summed E-state index contributed by atoms with van der Waals surface area (Å²) in [7, 11) is 1.58. The van der Waals surface area contributed by atoms with Gasteiger partial charge in [-0.1, -0.05) is 30.0 Å². The van der Waals surface area contributed by atoms with E-state index in [2.05, 4.69) is 5.32 Å². The molecule has 1 amide bonds. The number of hydrogen-bond donors (Lipinski definition) is 2. The predicted molar refractivity (Wildman–Crippen MR) is 95.8 cm³/mol. The Labute approximate surface area is 143 Å². The van der Waals surface area contributed by atoms with E-state index in [9.17, 15) is 4.79 Å². The van der Waals surface area contributed by atoms with Crippen LogP contribution >= 0.6 is 11.8 Å². The first-order valence-electron chi connectivity index (χ1n) is 7.50. The number of anilines is 2. The maximum Gasteiger partial charge on any atom is 0.237 e. The molecule has 1 saturated heterocycles. The molecule has 2 N–H and O–H groups in total. The van der Waals surface area contributed by atoms with E-state index in [4.69, 9.17) is 10.1 Å². The fourth-order valence-electron chi connectivity index (χ4n) is 2.84. The van der Waals surface area contributed by atoms with E-state index >= 15 is 0 Å². The molecular weight excluding hydrogens is 322 g/mol. The first-order chi connectivity index (χ1) is 11.7. The summed E-state index contributed by atoms with van der Waals surface area (Å²) in [6.07, 6.45) is 0.222. The van der Waals surface area contributed by atoms with Crippen molar-refractivity contribution in [3.63, 3.8) is 0 Å². The van der Waals surface area contributed by atoms with E-state index in [1.165, 1.54) is 4.90 Å². The minimum atomic E-state index is -0.103. The van der Waals surface area contributed by atoms with E-state index < -0.39 is 0 Å². The van der Waals surface area contributed by atoms with Crippen LogP contribution in [0, 0.1) is 5.41 Å². The minimum absolute atomic E-state index is 0.103. The zero-order valence-electron chi connectivity index (χ0n) is 13.0. The second-order valence-corrected chi connectivity index (χ2v) is 6.54. The lowest BCUT2D eigenvalue weighted by Gasteiger charge is -2.16. The van der Waals surface area contributed by atoms with E-state index in [-0.39, 0.29) is 18.2 Å². The fourth-order valence-corrected chi connectivity index (χ4v) is 3.89. The summed E-state index contributed by atoms with van der Waals surface area (Å²) in [5.74, 6) is 0.778. The molecule has 24 heavy (non-hydrogen) atoms. The van der Waals surface area contributed by atoms with Crippen LogP contribution in [-0.2, 0) is 4.79 Å². The van der Waals surface area contributed by atoms with Crippen molar-refractivity contribution in [1.29, 1.82) is 5.41 Å². The number of hydrogen-bond acceptors (Lipinski definition) is 5. The summed E-state index contributed by atoms with van der Waals surface area (Å²) in [5.41, 5.74) is 2.40. The van der Waals surface area contributed by atoms with Crippen molar-refractivity contribution in [3.8, 4) is 5.75 Å². The topological polar surface area (TPSA) is 65.4 Å². The number of rotatable bonds is 2. The van der Waals surface area contributed by atoms with Crippen LogP contribution in [0.15, 0.2) is 64.0 Å². The number of thioether (sulfide) groups is 1. The number of nitrogens with zero attached hydrogens (tertiary/aromatic N) is 1. The Morgan fingerprint density at radius 3 is 2.83 bits per heavy atom. The molecule has 0 unspecified atom stereocenters. The lowest BCUT2D eigenvalue weighted by molar-refractivity contribution is -0.116. The van der Waals surface area contributed by atoms with Gasteiger partial charge in [0.1, 0.15) is 11.6 Å². The third-order valence-corrected chi connectivity index (χ3v) is 5.15. The third-order valence-electron chi connectivity index (χ3n) is 4.02. The smallest absolute Gasteiger partial charge is 0.237 e. The van der Waals surface area contributed by atoms with Gasteiger partial charge in [-0.15, -0.1) is 0 Å². The summed E-state index contributed by atoms with van der Waals surface area (Å²) in [4.78, 5) is 15.0. The molecule has 6 heteroatoms. The number of fused-ring (bicyclic) bond motifs is 1. The number of nitrogens with one attached hydrogen (secondary N) is 2. The first-order valence-corrected chi connectivity index (χ1v) is 8.32. The van der Waals surface area contributed by atoms with Gasteiger partial charge in [0.25, 0.3) is 0 Å². The molecule has 0 aromatic heterocycles. The van der Waals surface area contributed by atoms with Crippen molar-refractivity contribution >= 4 is 34.9 Å². The Balaban J connectivity index is 1.69. The summed E-state index contributed by atoms with van der Waals surface area (Å²) >= 11 is 1.57. The zero-order valence-corrected chi connectivity index (χ0v) is 13.8. The molecular formula is C18H15N3O2S. The molecule has 4 rings (SSSR count). The van der Waals surface area contributed by atoms with Gasteiger partial charge in [-0.3, -0.25) is 15.1 Å². The van der Waals surface area contributed by atoms with Crippen LogP contribution in [-0.4, -0.2) is 18.9 Å². The van der Waals surface area contributed by atoms with Gasteiger partial charge in [0.2, 0.25) is 5.91 Å². The molecule has 2 aliphatic heterocycles. The van der Waals surface area contributed by atoms with E-state index in [0.717, 1.165) is 21.2 Å². The molecule has 2 aromatic rings. The number of carbonyl (C=O) groups excluding carboxylic acids is 1. The summed E-state index contributed by atoms with van der Waals surface area (Å²) in [6.45, 7) is 0. The van der Waals surface area contributed by atoms with Crippen LogP contribution in [0.4, 0.5) is 11.4 Å². The monoisotopic (exact) mass is 337 g/mol. The Kier molecular flexibility index (Phi) is 3.54. The minimum Gasteiger partial charge on any atom is -0.497 e. The molecule has 0 aliphatic carbocycles. The van der Waals surface area contributed by atoms with Gasteiger partial charge in [-0.05, 0) is 24.3 Å². The Bertz CT molecular complexity index is 864. The van der Waals surface area contributed by atoms with Crippen LogP contribution in [0.1, 0.15) is 6.42 Å². The molecule has 0 saturated carbocycles. The first kappa shape index (κ1) is 14.8. The van der Waals surface area contributed by atoms with Gasteiger partial charge in [0.05, 0.1) is 29.9 Å². The van der Waals surface area contributed by atoms with Gasteiger partial charge in [-0.2, -0.15) is 0 Å². The van der Waals surface area contributed by atoms with Crippen LogP contribution in [0.5, 0.6) is 5.75 Å². The van der Waals surface area contributed by atoms with Gasteiger partial charge >= 0.3 is 0 Å². The molecule has 1 fully saturated rings. The number of ether oxygens (including phenoxy) is 1. The zero-order chi connectivity index (χ0) is 16.7. The molecule has 0 radical (unpaired) electrons. The number of carbonyl (C=O) groups is 1. The standard InChI is InChI=1S/C18H15N3O2S/c1-23-12-6-4-5-11(9-12)21-16(22)10-13(17(21)19)18-20-14-7-2-3-8-15(14)24-18/h2-9,19-20H,10H2,1H3/b18-13-,19-17?. The number of para-hydroxylation sites is 1. The van der Waals surface area contributed by atoms with Crippen molar-refractivity contribution in [2.45, 2.75) is 11.3 Å². The summed E-state index contributed by atoms with van der Waals surface area (Å²) in [6, 6.07) is 15.2. The van der Waals surface area contributed by atoms with Crippen LogP contribution in [0.2, 0.25) is 0 Å². The van der Waals surface area contributed by atoms with Crippen molar-refractivity contribution in [2.24, 2.45) is 0 Å². The quantitative estimate of drug-likeness (QED) is 0.874. The van der Waals surface area contributed by atoms with Gasteiger partial charge in [-0.25, -0.2) is 0 Å². The Hall–Kier alpha value is -2.73. The van der Waals surface area contributed by atoms with Crippen LogP contribution in [0.3, 0.4) is 0 Å². The van der Waals surface area contributed by atoms with E-state index in [0.29, 0.717) is 11.4 Å². The van der Waals surface area contributed by atoms with Gasteiger partial charge in [0, 0.05) is 16.5 Å². The van der Waals surface area contributed by atoms with Gasteiger partial charge in [0.15, 0.2) is 0 Å².